The summed E-state index contributed by atoms with van der Waals surface area (Å²) in [6, 6.07) is 11.7. The zero-order valence-corrected chi connectivity index (χ0v) is 18.1. The number of rotatable bonds is 9. The SMILES string of the molecule is CCOc1ccc(CCN2C(=O)/C(=C\c3ccc([N+](=O)[O-])cc3)NC2=S)cc1OCC. The molecular formula is C22H23N3O5S. The minimum Gasteiger partial charge on any atom is -0.490 e. The van der Waals surface area contributed by atoms with Crippen molar-refractivity contribution >= 4 is 35.0 Å². The number of benzene rings is 2. The molecule has 1 saturated heterocycles. The normalized spacial score (nSPS) is 14.6. The van der Waals surface area contributed by atoms with Gasteiger partial charge in [0.25, 0.3) is 11.6 Å². The molecule has 8 nitrogen and oxygen atoms in total. The van der Waals surface area contributed by atoms with Crippen molar-refractivity contribution < 1.29 is 19.2 Å². The van der Waals surface area contributed by atoms with E-state index in [1.165, 1.54) is 17.0 Å². The highest BCUT2D eigenvalue weighted by Gasteiger charge is 2.30. The van der Waals surface area contributed by atoms with Crippen LogP contribution in [0.2, 0.25) is 0 Å². The van der Waals surface area contributed by atoms with Gasteiger partial charge >= 0.3 is 0 Å². The van der Waals surface area contributed by atoms with E-state index in [1.54, 1.807) is 18.2 Å². The zero-order valence-electron chi connectivity index (χ0n) is 17.3. The Labute approximate surface area is 185 Å². The molecule has 0 spiro atoms. The number of nitrogens with one attached hydrogen (secondary N) is 1. The number of nitro benzene ring substituents is 1. The lowest BCUT2D eigenvalue weighted by atomic mass is 10.1. The maximum Gasteiger partial charge on any atom is 0.276 e. The summed E-state index contributed by atoms with van der Waals surface area (Å²) < 4.78 is 11.2. The van der Waals surface area contributed by atoms with Crippen molar-refractivity contribution in [1.82, 2.24) is 10.2 Å². The molecule has 162 valence electrons. The van der Waals surface area contributed by atoms with Gasteiger partial charge in [0, 0.05) is 18.7 Å². The van der Waals surface area contributed by atoms with Crippen molar-refractivity contribution in [2.45, 2.75) is 20.3 Å². The summed E-state index contributed by atoms with van der Waals surface area (Å²) in [5.41, 5.74) is 1.99. The maximum atomic E-state index is 12.8. The molecule has 0 saturated carbocycles. The second kappa shape index (κ2) is 10.0. The minimum atomic E-state index is -0.468. The zero-order chi connectivity index (χ0) is 22.4. The fourth-order valence-electron chi connectivity index (χ4n) is 3.13. The molecule has 1 aliphatic heterocycles. The Morgan fingerprint density at radius 1 is 1.10 bits per heavy atom. The molecule has 2 aromatic carbocycles. The van der Waals surface area contributed by atoms with Crippen LogP contribution in [-0.2, 0) is 11.2 Å². The van der Waals surface area contributed by atoms with Gasteiger partial charge in [-0.25, -0.2) is 0 Å². The molecule has 0 aromatic heterocycles. The second-order valence-corrected chi connectivity index (χ2v) is 7.08. The summed E-state index contributed by atoms with van der Waals surface area (Å²) in [7, 11) is 0. The van der Waals surface area contributed by atoms with E-state index >= 15 is 0 Å². The molecule has 1 N–H and O–H groups in total. The van der Waals surface area contributed by atoms with E-state index in [0.29, 0.717) is 54.1 Å². The van der Waals surface area contributed by atoms with Crippen LogP contribution in [-0.4, -0.2) is 40.6 Å². The predicted octanol–water partition coefficient (Wildman–Crippen LogP) is 3.69. The van der Waals surface area contributed by atoms with Crippen LogP contribution in [0.25, 0.3) is 6.08 Å². The summed E-state index contributed by atoms with van der Waals surface area (Å²) >= 11 is 5.32. The fourth-order valence-corrected chi connectivity index (χ4v) is 3.41. The third kappa shape index (κ3) is 5.37. The van der Waals surface area contributed by atoms with Crippen molar-refractivity contribution in [2.75, 3.05) is 19.8 Å². The molecule has 1 aliphatic rings. The van der Waals surface area contributed by atoms with Crippen LogP contribution >= 0.6 is 12.2 Å². The first-order valence-corrected chi connectivity index (χ1v) is 10.3. The number of hydrogen-bond donors (Lipinski definition) is 1. The number of nitrogens with zero attached hydrogens (tertiary/aromatic N) is 2. The minimum absolute atomic E-state index is 0.00761. The smallest absolute Gasteiger partial charge is 0.276 e. The molecule has 31 heavy (non-hydrogen) atoms. The third-order valence-electron chi connectivity index (χ3n) is 4.61. The lowest BCUT2D eigenvalue weighted by molar-refractivity contribution is -0.384. The first-order valence-electron chi connectivity index (χ1n) is 9.90. The molecular weight excluding hydrogens is 418 g/mol. The third-order valence-corrected chi connectivity index (χ3v) is 4.93. The van der Waals surface area contributed by atoms with E-state index < -0.39 is 4.92 Å². The van der Waals surface area contributed by atoms with Gasteiger partial charge < -0.3 is 14.8 Å². The van der Waals surface area contributed by atoms with Gasteiger partial charge in [-0.1, -0.05) is 6.07 Å². The number of ether oxygens (including phenoxy) is 2. The van der Waals surface area contributed by atoms with E-state index in [1.807, 2.05) is 32.0 Å². The number of carbonyl (C=O) groups excluding carboxylic acids is 1. The van der Waals surface area contributed by atoms with Gasteiger partial charge in [0.2, 0.25) is 0 Å². The highest BCUT2D eigenvalue weighted by Crippen LogP contribution is 2.29. The number of amides is 1. The van der Waals surface area contributed by atoms with E-state index in [2.05, 4.69) is 5.32 Å². The van der Waals surface area contributed by atoms with E-state index in [4.69, 9.17) is 21.7 Å². The van der Waals surface area contributed by atoms with Gasteiger partial charge in [-0.2, -0.15) is 0 Å². The van der Waals surface area contributed by atoms with Gasteiger partial charge in [0.1, 0.15) is 5.70 Å². The topological polar surface area (TPSA) is 93.9 Å². The van der Waals surface area contributed by atoms with Crippen molar-refractivity contribution in [2.24, 2.45) is 0 Å². The van der Waals surface area contributed by atoms with Gasteiger partial charge in [-0.05, 0) is 74.0 Å². The summed E-state index contributed by atoms with van der Waals surface area (Å²) in [6.07, 6.45) is 2.22. The van der Waals surface area contributed by atoms with Crippen LogP contribution in [0.4, 0.5) is 5.69 Å². The molecule has 1 amide bonds. The molecule has 3 rings (SSSR count). The molecule has 0 atom stereocenters. The Balaban J connectivity index is 1.69. The summed E-state index contributed by atoms with van der Waals surface area (Å²) in [5.74, 6) is 1.13. The Morgan fingerprint density at radius 3 is 2.42 bits per heavy atom. The van der Waals surface area contributed by atoms with Crippen molar-refractivity contribution in [3.8, 4) is 11.5 Å². The Kier molecular flexibility index (Phi) is 7.19. The van der Waals surface area contributed by atoms with Crippen LogP contribution in [0.15, 0.2) is 48.2 Å². The van der Waals surface area contributed by atoms with Gasteiger partial charge in [0.15, 0.2) is 16.6 Å². The first kappa shape index (κ1) is 22.2. The molecule has 1 heterocycles. The van der Waals surface area contributed by atoms with Crippen LogP contribution in [0.5, 0.6) is 11.5 Å². The molecule has 0 unspecified atom stereocenters. The Hall–Kier alpha value is -3.46. The molecule has 2 aromatic rings. The van der Waals surface area contributed by atoms with Crippen LogP contribution in [0, 0.1) is 10.1 Å². The van der Waals surface area contributed by atoms with Crippen molar-refractivity contribution in [3.63, 3.8) is 0 Å². The van der Waals surface area contributed by atoms with Crippen molar-refractivity contribution in [1.29, 1.82) is 0 Å². The summed E-state index contributed by atoms with van der Waals surface area (Å²) in [5, 5.41) is 14.0. The van der Waals surface area contributed by atoms with Crippen LogP contribution in [0.3, 0.4) is 0 Å². The fraction of sp³-hybridized carbons (Fsp3) is 0.273. The highest BCUT2D eigenvalue weighted by molar-refractivity contribution is 7.80. The number of carbonyl (C=O) groups is 1. The maximum absolute atomic E-state index is 12.8. The average molecular weight is 442 g/mol. The van der Waals surface area contributed by atoms with Crippen LogP contribution in [0.1, 0.15) is 25.0 Å². The number of non-ortho nitro benzene ring substituents is 1. The summed E-state index contributed by atoms with van der Waals surface area (Å²) in [4.78, 5) is 24.6. The van der Waals surface area contributed by atoms with Gasteiger partial charge in [-0.3, -0.25) is 19.8 Å². The Morgan fingerprint density at radius 2 is 1.77 bits per heavy atom. The second-order valence-electron chi connectivity index (χ2n) is 6.69. The number of hydrogen-bond acceptors (Lipinski definition) is 6. The highest BCUT2D eigenvalue weighted by atomic mass is 32.1. The van der Waals surface area contributed by atoms with E-state index in [-0.39, 0.29) is 11.6 Å². The van der Waals surface area contributed by atoms with E-state index in [9.17, 15) is 14.9 Å². The van der Waals surface area contributed by atoms with Gasteiger partial charge in [0.05, 0.1) is 18.1 Å². The monoisotopic (exact) mass is 441 g/mol. The predicted molar refractivity (Wildman–Crippen MR) is 121 cm³/mol. The Bertz CT molecular complexity index is 1020. The number of thiocarbonyl (C=S) groups is 1. The summed E-state index contributed by atoms with van der Waals surface area (Å²) in [6.45, 7) is 5.30. The average Bonchev–Trinajstić information content (AvgIpc) is 3.01. The first-order chi connectivity index (χ1) is 14.9. The van der Waals surface area contributed by atoms with Gasteiger partial charge in [-0.15, -0.1) is 0 Å². The van der Waals surface area contributed by atoms with Crippen molar-refractivity contribution in [3.05, 3.63) is 69.4 Å². The lowest BCUT2D eigenvalue weighted by Crippen LogP contribution is -2.32. The molecule has 9 heteroatoms. The standard InChI is InChI=1S/C22H23N3O5S/c1-3-29-19-10-7-16(14-20(19)30-4-2)11-12-24-21(26)18(23-22(24)31)13-15-5-8-17(9-6-15)25(27)28/h5-10,13-14H,3-4,11-12H2,1-2H3,(H,23,31)/b18-13+. The molecule has 0 bridgehead atoms. The van der Waals surface area contributed by atoms with Crippen LogP contribution < -0.4 is 14.8 Å². The molecule has 0 aliphatic carbocycles. The lowest BCUT2D eigenvalue weighted by Gasteiger charge is -2.15. The largest absolute Gasteiger partial charge is 0.490 e. The number of nitro groups is 1. The quantitative estimate of drug-likeness (QED) is 0.274. The molecule has 1 fully saturated rings. The van der Waals surface area contributed by atoms with E-state index in [0.717, 1.165) is 5.56 Å². The molecule has 0 radical (unpaired) electrons.